The highest BCUT2D eigenvalue weighted by Gasteiger charge is 2.30. The van der Waals surface area contributed by atoms with Crippen LogP contribution in [0.3, 0.4) is 0 Å². The zero-order valence-corrected chi connectivity index (χ0v) is 15.9. The topological polar surface area (TPSA) is 50.1 Å². The van der Waals surface area contributed by atoms with Crippen LogP contribution in [0.2, 0.25) is 0 Å². The van der Waals surface area contributed by atoms with Crippen molar-refractivity contribution in [3.8, 4) is 0 Å². The molecule has 25 heavy (non-hydrogen) atoms. The molecule has 0 aliphatic carbocycles. The molecular weight excluding hydrogens is 312 g/mol. The predicted molar refractivity (Wildman–Crippen MR) is 98.9 cm³/mol. The summed E-state index contributed by atoms with van der Waals surface area (Å²) in [6.45, 7) is 11.9. The Labute approximate surface area is 150 Å². The predicted octanol–water partition coefficient (Wildman–Crippen LogP) is 2.25. The second kappa shape index (κ2) is 8.06. The average Bonchev–Trinajstić information content (AvgIpc) is 3.02. The molecule has 2 aromatic heterocycles. The van der Waals surface area contributed by atoms with Gasteiger partial charge >= 0.3 is 0 Å². The Balaban J connectivity index is 1.67. The van der Waals surface area contributed by atoms with Gasteiger partial charge in [-0.25, -0.2) is 0 Å². The molecule has 0 amide bonds. The first-order valence-corrected chi connectivity index (χ1v) is 9.28. The quantitative estimate of drug-likeness (QED) is 0.806. The summed E-state index contributed by atoms with van der Waals surface area (Å²) in [6, 6.07) is 4.87. The van der Waals surface area contributed by atoms with E-state index in [-0.39, 0.29) is 0 Å². The van der Waals surface area contributed by atoms with Gasteiger partial charge in [0.25, 0.3) is 0 Å². The smallest absolute Gasteiger partial charge is 0.0738 e. The Kier molecular flexibility index (Phi) is 5.81. The van der Waals surface area contributed by atoms with Crippen LogP contribution >= 0.6 is 0 Å². The minimum Gasteiger partial charge on any atom is -0.296 e. The molecule has 1 fully saturated rings. The van der Waals surface area contributed by atoms with Crippen LogP contribution in [0.1, 0.15) is 37.2 Å². The van der Waals surface area contributed by atoms with E-state index in [0.717, 1.165) is 38.4 Å². The third kappa shape index (κ3) is 4.44. The van der Waals surface area contributed by atoms with Crippen molar-refractivity contribution in [3.05, 3.63) is 41.5 Å². The SMILES string of the molecule is CC[C@@H](C)[C@H]1CN(Cc2ccc(C)nc2)CCN1Cc1cnnn1C. The number of rotatable bonds is 6. The molecule has 2 aromatic rings. The van der Waals surface area contributed by atoms with Crippen molar-refractivity contribution in [2.24, 2.45) is 13.0 Å². The van der Waals surface area contributed by atoms with Crippen LogP contribution in [0.4, 0.5) is 0 Å². The fourth-order valence-corrected chi connectivity index (χ4v) is 3.57. The van der Waals surface area contributed by atoms with Crippen LogP contribution in [0.5, 0.6) is 0 Å². The molecule has 1 aliphatic heterocycles. The third-order valence-electron chi connectivity index (χ3n) is 5.47. The Bertz CT molecular complexity index is 665. The molecule has 3 heterocycles. The van der Waals surface area contributed by atoms with Gasteiger partial charge in [-0.1, -0.05) is 31.5 Å². The average molecular weight is 342 g/mol. The normalized spacial score (nSPS) is 20.7. The molecule has 0 spiro atoms. The summed E-state index contributed by atoms with van der Waals surface area (Å²) in [7, 11) is 1.97. The molecule has 0 saturated carbocycles. The molecule has 0 unspecified atom stereocenters. The molecule has 3 rings (SSSR count). The zero-order chi connectivity index (χ0) is 17.8. The summed E-state index contributed by atoms with van der Waals surface area (Å²) in [4.78, 5) is 9.61. The van der Waals surface area contributed by atoms with Gasteiger partial charge in [-0.2, -0.15) is 0 Å². The molecule has 0 radical (unpaired) electrons. The highest BCUT2D eigenvalue weighted by atomic mass is 15.4. The van der Waals surface area contributed by atoms with E-state index in [9.17, 15) is 0 Å². The third-order valence-corrected chi connectivity index (χ3v) is 5.47. The van der Waals surface area contributed by atoms with Crippen molar-refractivity contribution >= 4 is 0 Å². The Morgan fingerprint density at radius 3 is 2.68 bits per heavy atom. The van der Waals surface area contributed by atoms with E-state index >= 15 is 0 Å². The monoisotopic (exact) mass is 342 g/mol. The number of nitrogens with zero attached hydrogens (tertiary/aromatic N) is 6. The van der Waals surface area contributed by atoms with Crippen LogP contribution < -0.4 is 0 Å². The van der Waals surface area contributed by atoms with Crippen LogP contribution in [0.25, 0.3) is 0 Å². The Morgan fingerprint density at radius 2 is 2.04 bits per heavy atom. The fourth-order valence-electron chi connectivity index (χ4n) is 3.57. The van der Waals surface area contributed by atoms with E-state index < -0.39 is 0 Å². The lowest BCUT2D eigenvalue weighted by molar-refractivity contribution is 0.0338. The van der Waals surface area contributed by atoms with Gasteiger partial charge in [0.15, 0.2) is 0 Å². The van der Waals surface area contributed by atoms with Crippen molar-refractivity contribution < 1.29 is 0 Å². The lowest BCUT2D eigenvalue weighted by Gasteiger charge is -2.44. The molecule has 1 aliphatic rings. The van der Waals surface area contributed by atoms with Gasteiger partial charge in [-0.15, -0.1) is 5.10 Å². The molecule has 2 atom stereocenters. The first-order chi connectivity index (χ1) is 12.1. The van der Waals surface area contributed by atoms with Crippen molar-refractivity contribution in [1.29, 1.82) is 0 Å². The van der Waals surface area contributed by atoms with Crippen LogP contribution in [0.15, 0.2) is 24.5 Å². The van der Waals surface area contributed by atoms with Crippen LogP contribution in [-0.2, 0) is 20.1 Å². The lowest BCUT2D eigenvalue weighted by atomic mass is 9.94. The maximum absolute atomic E-state index is 4.44. The van der Waals surface area contributed by atoms with Crippen molar-refractivity contribution in [2.45, 2.75) is 46.3 Å². The minimum atomic E-state index is 0.562. The summed E-state index contributed by atoms with van der Waals surface area (Å²) in [6.07, 6.45) is 5.10. The first-order valence-electron chi connectivity index (χ1n) is 9.28. The molecule has 6 heteroatoms. The molecule has 0 N–H and O–H groups in total. The van der Waals surface area contributed by atoms with Gasteiger partial charge < -0.3 is 0 Å². The number of hydrogen-bond donors (Lipinski definition) is 0. The van der Waals surface area contributed by atoms with Gasteiger partial charge in [-0.05, 0) is 24.5 Å². The fraction of sp³-hybridized carbons (Fsp3) is 0.632. The van der Waals surface area contributed by atoms with Gasteiger partial charge in [0, 0.05) is 57.7 Å². The molecule has 1 saturated heterocycles. The Morgan fingerprint density at radius 1 is 1.20 bits per heavy atom. The lowest BCUT2D eigenvalue weighted by Crippen LogP contribution is -2.54. The van der Waals surface area contributed by atoms with E-state index in [2.05, 4.69) is 51.1 Å². The number of aryl methyl sites for hydroxylation is 2. The maximum atomic E-state index is 4.44. The number of aromatic nitrogens is 4. The number of piperazine rings is 1. The highest BCUT2D eigenvalue weighted by molar-refractivity contribution is 5.13. The first kappa shape index (κ1) is 18.0. The Hall–Kier alpha value is -1.79. The second-order valence-electron chi connectivity index (χ2n) is 7.32. The number of hydrogen-bond acceptors (Lipinski definition) is 5. The van der Waals surface area contributed by atoms with Crippen LogP contribution in [-0.4, -0.2) is 55.5 Å². The minimum absolute atomic E-state index is 0.562. The van der Waals surface area contributed by atoms with Gasteiger partial charge in [-0.3, -0.25) is 19.5 Å². The largest absolute Gasteiger partial charge is 0.296 e. The maximum Gasteiger partial charge on any atom is 0.0738 e. The summed E-state index contributed by atoms with van der Waals surface area (Å²) in [5, 5.41) is 8.10. The molecule has 6 nitrogen and oxygen atoms in total. The summed E-state index contributed by atoms with van der Waals surface area (Å²) in [5.41, 5.74) is 3.57. The van der Waals surface area contributed by atoms with Crippen molar-refractivity contribution in [2.75, 3.05) is 19.6 Å². The van der Waals surface area contributed by atoms with Gasteiger partial charge in [0.1, 0.15) is 0 Å². The summed E-state index contributed by atoms with van der Waals surface area (Å²) >= 11 is 0. The van der Waals surface area contributed by atoms with Gasteiger partial charge in [0.2, 0.25) is 0 Å². The summed E-state index contributed by atoms with van der Waals surface area (Å²) in [5.74, 6) is 0.667. The standard InChI is InChI=1S/C19H30N6/c1-5-15(2)19-14-24(12-17-7-6-16(3)20-10-17)8-9-25(19)13-18-11-21-22-23(18)4/h6-7,10-11,15,19H,5,8-9,12-14H2,1-4H3/t15-,19-/m1/s1. The van der Waals surface area contributed by atoms with E-state index in [0.29, 0.717) is 12.0 Å². The van der Waals surface area contributed by atoms with Gasteiger partial charge in [0.05, 0.1) is 11.9 Å². The van der Waals surface area contributed by atoms with Crippen LogP contribution in [0, 0.1) is 12.8 Å². The molecular formula is C19H30N6. The second-order valence-corrected chi connectivity index (χ2v) is 7.32. The van der Waals surface area contributed by atoms with Crippen molar-refractivity contribution in [3.63, 3.8) is 0 Å². The number of pyridine rings is 1. The zero-order valence-electron chi connectivity index (χ0n) is 15.9. The summed E-state index contributed by atoms with van der Waals surface area (Å²) < 4.78 is 1.89. The molecule has 136 valence electrons. The van der Waals surface area contributed by atoms with E-state index in [1.165, 1.54) is 17.7 Å². The molecule has 0 aromatic carbocycles. The highest BCUT2D eigenvalue weighted by Crippen LogP contribution is 2.23. The van der Waals surface area contributed by atoms with E-state index in [4.69, 9.17) is 0 Å². The van der Waals surface area contributed by atoms with E-state index in [1.807, 2.05) is 31.0 Å². The molecule has 0 bridgehead atoms. The van der Waals surface area contributed by atoms with Crippen molar-refractivity contribution in [1.82, 2.24) is 29.8 Å². The van der Waals surface area contributed by atoms with E-state index in [1.54, 1.807) is 0 Å².